The molecule has 0 aromatic carbocycles. The summed E-state index contributed by atoms with van der Waals surface area (Å²) < 4.78 is 5.80. The molecule has 0 N–H and O–H groups in total. The Morgan fingerprint density at radius 3 is 2.82 bits per heavy atom. The summed E-state index contributed by atoms with van der Waals surface area (Å²) in [4.78, 5) is 2.41. The Morgan fingerprint density at radius 2 is 2.36 bits per heavy atom. The van der Waals surface area contributed by atoms with E-state index in [0.29, 0.717) is 6.04 Å². The van der Waals surface area contributed by atoms with Gasteiger partial charge in [0.05, 0.1) is 5.60 Å². The highest BCUT2D eigenvalue weighted by atomic mass is 16.5. The number of ether oxygens (including phenoxy) is 1. The molecule has 0 aliphatic carbocycles. The van der Waals surface area contributed by atoms with Gasteiger partial charge in [-0.1, -0.05) is 0 Å². The summed E-state index contributed by atoms with van der Waals surface area (Å²) in [5.41, 5.74) is 0.258. The maximum absolute atomic E-state index is 5.80. The molecule has 2 fully saturated rings. The molecular weight excluding hydrogens is 138 g/mol. The molecule has 0 bridgehead atoms. The van der Waals surface area contributed by atoms with Crippen molar-refractivity contribution in [3.63, 3.8) is 0 Å². The number of nitrogens with zero attached hydrogens (tertiary/aromatic N) is 1. The van der Waals surface area contributed by atoms with Crippen molar-refractivity contribution >= 4 is 0 Å². The molecule has 2 saturated heterocycles. The Balaban J connectivity index is 2.06. The number of hydrogen-bond donors (Lipinski definition) is 0. The first-order valence-electron chi connectivity index (χ1n) is 4.56. The topological polar surface area (TPSA) is 12.5 Å². The van der Waals surface area contributed by atoms with E-state index in [9.17, 15) is 0 Å². The van der Waals surface area contributed by atoms with E-state index in [1.54, 1.807) is 0 Å². The van der Waals surface area contributed by atoms with Gasteiger partial charge in [0.2, 0.25) is 0 Å². The first kappa shape index (κ1) is 7.56. The van der Waals surface area contributed by atoms with Gasteiger partial charge < -0.3 is 9.64 Å². The minimum atomic E-state index is 0.258. The fourth-order valence-corrected chi connectivity index (χ4v) is 2.41. The third-order valence-electron chi connectivity index (χ3n) is 3.14. The molecule has 1 spiro atoms. The molecule has 2 aliphatic heterocycles. The third-order valence-corrected chi connectivity index (χ3v) is 3.14. The standard InChI is InChI=1S/C9H17NO/c1-8-6-9(7-10(8)2)4-3-5-11-9/h8H,3-7H2,1-2H3. The summed E-state index contributed by atoms with van der Waals surface area (Å²) in [7, 11) is 2.20. The smallest absolute Gasteiger partial charge is 0.0824 e. The normalized spacial score (nSPS) is 45.8. The van der Waals surface area contributed by atoms with E-state index in [-0.39, 0.29) is 5.60 Å². The van der Waals surface area contributed by atoms with Crippen LogP contribution in [0.25, 0.3) is 0 Å². The van der Waals surface area contributed by atoms with E-state index in [1.165, 1.54) is 19.3 Å². The average molecular weight is 155 g/mol. The van der Waals surface area contributed by atoms with Crippen molar-refractivity contribution in [3.8, 4) is 0 Å². The van der Waals surface area contributed by atoms with E-state index in [2.05, 4.69) is 18.9 Å². The van der Waals surface area contributed by atoms with E-state index >= 15 is 0 Å². The number of hydrogen-bond acceptors (Lipinski definition) is 2. The molecule has 2 aliphatic rings. The second kappa shape index (κ2) is 2.46. The van der Waals surface area contributed by atoms with Crippen molar-refractivity contribution in [2.75, 3.05) is 20.2 Å². The van der Waals surface area contributed by atoms with Gasteiger partial charge in [-0.05, 0) is 33.2 Å². The van der Waals surface area contributed by atoms with Crippen molar-refractivity contribution in [3.05, 3.63) is 0 Å². The first-order chi connectivity index (χ1) is 5.22. The van der Waals surface area contributed by atoms with Crippen LogP contribution in [-0.2, 0) is 4.74 Å². The second-order valence-corrected chi connectivity index (χ2v) is 4.10. The summed E-state index contributed by atoms with van der Waals surface area (Å²) in [5, 5.41) is 0. The van der Waals surface area contributed by atoms with Crippen molar-refractivity contribution in [1.82, 2.24) is 4.90 Å². The quantitative estimate of drug-likeness (QED) is 0.522. The van der Waals surface area contributed by atoms with Crippen LogP contribution in [0.5, 0.6) is 0 Å². The zero-order valence-electron chi connectivity index (χ0n) is 7.47. The summed E-state index contributed by atoms with van der Waals surface area (Å²) in [5.74, 6) is 0. The summed E-state index contributed by atoms with van der Waals surface area (Å²) in [6, 6.07) is 0.716. The van der Waals surface area contributed by atoms with Gasteiger partial charge in [0.25, 0.3) is 0 Å². The first-order valence-corrected chi connectivity index (χ1v) is 4.56. The number of rotatable bonds is 0. The van der Waals surface area contributed by atoms with Crippen LogP contribution in [0.4, 0.5) is 0 Å². The zero-order chi connectivity index (χ0) is 7.90. The van der Waals surface area contributed by atoms with E-state index in [0.717, 1.165) is 13.2 Å². The molecule has 64 valence electrons. The lowest BCUT2D eigenvalue weighted by atomic mass is 9.97. The molecular formula is C9H17NO. The Kier molecular flexibility index (Phi) is 1.69. The molecule has 0 amide bonds. The second-order valence-electron chi connectivity index (χ2n) is 4.10. The maximum atomic E-state index is 5.80. The van der Waals surface area contributed by atoms with E-state index in [1.807, 2.05) is 0 Å². The van der Waals surface area contributed by atoms with Crippen LogP contribution in [0.1, 0.15) is 26.2 Å². The van der Waals surface area contributed by atoms with Crippen molar-refractivity contribution in [2.24, 2.45) is 0 Å². The van der Waals surface area contributed by atoms with Gasteiger partial charge in [0, 0.05) is 19.2 Å². The van der Waals surface area contributed by atoms with E-state index < -0.39 is 0 Å². The van der Waals surface area contributed by atoms with Gasteiger partial charge in [-0.2, -0.15) is 0 Å². The van der Waals surface area contributed by atoms with Crippen molar-refractivity contribution in [2.45, 2.75) is 37.8 Å². The molecule has 2 heteroatoms. The van der Waals surface area contributed by atoms with Crippen LogP contribution in [0.2, 0.25) is 0 Å². The highest BCUT2D eigenvalue weighted by Crippen LogP contribution is 2.37. The van der Waals surface area contributed by atoms with Gasteiger partial charge >= 0.3 is 0 Å². The highest BCUT2D eigenvalue weighted by Gasteiger charge is 2.43. The predicted octanol–water partition coefficient (Wildman–Crippen LogP) is 1.26. The van der Waals surface area contributed by atoms with Crippen molar-refractivity contribution < 1.29 is 4.74 Å². The minimum absolute atomic E-state index is 0.258. The van der Waals surface area contributed by atoms with Gasteiger partial charge in [-0.3, -0.25) is 0 Å². The molecule has 2 atom stereocenters. The van der Waals surface area contributed by atoms with Crippen LogP contribution in [-0.4, -0.2) is 36.7 Å². The monoisotopic (exact) mass is 155 g/mol. The van der Waals surface area contributed by atoms with Gasteiger partial charge in [0.1, 0.15) is 0 Å². The zero-order valence-corrected chi connectivity index (χ0v) is 7.47. The number of likely N-dealkylation sites (tertiary alicyclic amines) is 1. The van der Waals surface area contributed by atoms with Crippen LogP contribution < -0.4 is 0 Å². The fourth-order valence-electron chi connectivity index (χ4n) is 2.41. The molecule has 0 aromatic rings. The summed E-state index contributed by atoms with van der Waals surface area (Å²) >= 11 is 0. The predicted molar refractivity (Wildman–Crippen MR) is 44.6 cm³/mol. The summed E-state index contributed by atoms with van der Waals surface area (Å²) in [6.07, 6.45) is 3.78. The minimum Gasteiger partial charge on any atom is -0.374 e. The Labute approximate surface area is 68.5 Å². The molecule has 0 saturated carbocycles. The molecule has 2 heterocycles. The average Bonchev–Trinajstić information content (AvgIpc) is 2.46. The van der Waals surface area contributed by atoms with Gasteiger partial charge in [-0.25, -0.2) is 0 Å². The molecule has 11 heavy (non-hydrogen) atoms. The Morgan fingerprint density at radius 1 is 1.55 bits per heavy atom. The van der Waals surface area contributed by atoms with Crippen LogP contribution >= 0.6 is 0 Å². The van der Waals surface area contributed by atoms with Gasteiger partial charge in [0.15, 0.2) is 0 Å². The van der Waals surface area contributed by atoms with Gasteiger partial charge in [-0.15, -0.1) is 0 Å². The lowest BCUT2D eigenvalue weighted by Crippen LogP contribution is -2.30. The van der Waals surface area contributed by atoms with E-state index in [4.69, 9.17) is 4.74 Å². The lowest BCUT2D eigenvalue weighted by molar-refractivity contribution is 0.0143. The number of likely N-dealkylation sites (N-methyl/N-ethyl adjacent to an activating group) is 1. The largest absolute Gasteiger partial charge is 0.374 e. The third kappa shape index (κ3) is 1.18. The fraction of sp³-hybridized carbons (Fsp3) is 1.00. The molecule has 2 unspecified atom stereocenters. The molecule has 2 nitrogen and oxygen atoms in total. The van der Waals surface area contributed by atoms with Crippen LogP contribution in [0.3, 0.4) is 0 Å². The SMILES string of the molecule is CC1CC2(CCCO2)CN1C. The Bertz CT molecular complexity index is 140. The van der Waals surface area contributed by atoms with Crippen LogP contribution in [0.15, 0.2) is 0 Å². The van der Waals surface area contributed by atoms with Crippen LogP contribution in [0, 0.1) is 0 Å². The maximum Gasteiger partial charge on any atom is 0.0824 e. The summed E-state index contributed by atoms with van der Waals surface area (Å²) in [6.45, 7) is 4.42. The lowest BCUT2D eigenvalue weighted by Gasteiger charge is -2.21. The highest BCUT2D eigenvalue weighted by molar-refractivity contribution is 4.97. The van der Waals surface area contributed by atoms with Crippen molar-refractivity contribution in [1.29, 1.82) is 0 Å². The molecule has 0 aromatic heterocycles. The Hall–Kier alpha value is -0.0800. The molecule has 2 rings (SSSR count). The molecule has 0 radical (unpaired) electrons.